The average Bonchev–Trinajstić information content (AvgIpc) is 3.26. The molecule has 2 aliphatic carbocycles. The lowest BCUT2D eigenvalue weighted by Gasteiger charge is -2.46. The molecule has 280 valence electrons. The Labute approximate surface area is 340 Å². The number of rotatable bonds is 2. The van der Waals surface area contributed by atoms with E-state index in [2.05, 4.69) is 107 Å². The number of thiol groups is 1. The largest absolute Gasteiger partial charge is 0.457 e. The normalized spacial score (nSPS) is 19.5. The van der Waals surface area contributed by atoms with E-state index in [0.717, 1.165) is 42.9 Å². The molecule has 5 heterocycles. The summed E-state index contributed by atoms with van der Waals surface area (Å²) in [6.45, 7) is 4.70. The van der Waals surface area contributed by atoms with E-state index < -0.39 is 5.41 Å². The number of nitrogens with zero attached hydrogens (tertiary/aromatic N) is 2. The maximum Gasteiger partial charge on any atom is 0.206 e. The molecule has 4 heteroatoms. The molecule has 0 saturated heterocycles. The number of ether oxygens (including phenoxy) is 1. The quantitative estimate of drug-likeness (QED) is 0.140. The minimum absolute atomic E-state index is 0.587. The Morgan fingerprint density at radius 3 is 2.14 bits per heavy atom. The maximum absolute atomic E-state index is 6.92. The highest BCUT2D eigenvalue weighted by Crippen LogP contribution is 2.59. The lowest BCUT2D eigenvalue weighted by Crippen LogP contribution is -2.44. The van der Waals surface area contributed by atoms with Crippen molar-refractivity contribution in [1.82, 2.24) is 4.58 Å². The zero-order valence-corrected chi connectivity index (χ0v) is 33.5. The summed E-state index contributed by atoms with van der Waals surface area (Å²) in [5.74, 6) is 2.65. The fourth-order valence-corrected chi connectivity index (χ4v) is 12.9. The number of para-hydroxylation sites is 2. The molecule has 0 amide bonds. The molecule has 0 aromatic heterocycles. The molecule has 7 aliphatic rings. The van der Waals surface area contributed by atoms with Gasteiger partial charge in [0.2, 0.25) is 5.36 Å². The summed E-state index contributed by atoms with van der Waals surface area (Å²) < 4.78 is 9.63. The Kier molecular flexibility index (Phi) is 7.07. The average molecular weight is 760 g/mol. The van der Waals surface area contributed by atoms with Crippen molar-refractivity contribution in [1.29, 1.82) is 0 Å². The van der Waals surface area contributed by atoms with Crippen molar-refractivity contribution in [2.45, 2.75) is 69.6 Å². The summed E-state index contributed by atoms with van der Waals surface area (Å²) in [4.78, 5) is 2.70. The highest BCUT2D eigenvalue weighted by molar-refractivity contribution is 7.80. The second-order valence-corrected chi connectivity index (χ2v) is 18.0. The van der Waals surface area contributed by atoms with Crippen molar-refractivity contribution in [3.05, 3.63) is 169 Å². The minimum atomic E-state index is -0.587. The second-order valence-electron chi connectivity index (χ2n) is 17.7. The van der Waals surface area contributed by atoms with Gasteiger partial charge in [-0.25, -0.2) is 4.58 Å². The first-order valence-corrected chi connectivity index (χ1v) is 22.3. The van der Waals surface area contributed by atoms with Gasteiger partial charge in [0.1, 0.15) is 24.6 Å². The van der Waals surface area contributed by atoms with Crippen LogP contribution in [0.5, 0.6) is 11.5 Å². The lowest BCUT2D eigenvalue weighted by molar-refractivity contribution is 0.433. The van der Waals surface area contributed by atoms with E-state index in [1.54, 1.807) is 22.3 Å². The molecular formula is C53H47N2OS+. The van der Waals surface area contributed by atoms with Crippen molar-refractivity contribution in [3.63, 3.8) is 0 Å². The van der Waals surface area contributed by atoms with Crippen LogP contribution < -0.4 is 24.8 Å². The van der Waals surface area contributed by atoms with Crippen LogP contribution >= 0.6 is 12.6 Å². The molecule has 57 heavy (non-hydrogen) atoms. The first kappa shape index (κ1) is 33.0. The van der Waals surface area contributed by atoms with Gasteiger partial charge in [-0.2, -0.15) is 12.6 Å². The molecule has 0 fully saturated rings. The van der Waals surface area contributed by atoms with Gasteiger partial charge in [0, 0.05) is 59.6 Å². The van der Waals surface area contributed by atoms with E-state index in [4.69, 9.17) is 17.4 Å². The standard InChI is InChI=1S/C53H46N2OS/c57-31-34-11-1-2-14-37(34)50-42-27-35-25-32-12-7-21-54-23-9-15-38(51(32)54)40(35)29-46(42)53(44-17-3-5-19-48(44)56-49-20-6-4-18-45(49)53)47-30-41-36(28-43(47)50)26-33-13-8-22-55-24-10-16-39(41)52(33)55/h3-6,11,14,17-20,25-30H,1-2,7-10,12-13,15-16,21-24,31H2/p+1. The van der Waals surface area contributed by atoms with Gasteiger partial charge in [-0.05, 0) is 171 Å². The van der Waals surface area contributed by atoms with Crippen LogP contribution in [0.4, 0.5) is 5.69 Å². The van der Waals surface area contributed by atoms with Crippen LogP contribution in [0.25, 0.3) is 27.1 Å². The Balaban J connectivity index is 1.27. The predicted octanol–water partition coefficient (Wildman–Crippen LogP) is 9.65. The fourth-order valence-electron chi connectivity index (χ4n) is 12.6. The van der Waals surface area contributed by atoms with Crippen molar-refractivity contribution >= 4 is 45.4 Å². The van der Waals surface area contributed by atoms with Gasteiger partial charge in [-0.3, -0.25) is 0 Å². The Bertz CT molecular complexity index is 2950. The summed E-state index contributed by atoms with van der Waals surface area (Å²) in [5, 5.41) is 8.56. The maximum atomic E-state index is 6.92. The van der Waals surface area contributed by atoms with Crippen LogP contribution in [0, 0.1) is 0 Å². The minimum Gasteiger partial charge on any atom is -0.457 e. The molecule has 13 rings (SSSR count). The van der Waals surface area contributed by atoms with Crippen LogP contribution in [0.2, 0.25) is 0 Å². The van der Waals surface area contributed by atoms with Crippen LogP contribution in [0.3, 0.4) is 0 Å². The van der Waals surface area contributed by atoms with Gasteiger partial charge in [0.05, 0.1) is 5.41 Å². The van der Waals surface area contributed by atoms with Crippen molar-refractivity contribution in [2.75, 3.05) is 36.8 Å². The Morgan fingerprint density at radius 1 is 0.649 bits per heavy atom. The highest BCUT2D eigenvalue weighted by Gasteiger charge is 2.50. The smallest absolute Gasteiger partial charge is 0.206 e. The zero-order chi connectivity index (χ0) is 37.4. The molecule has 1 spiro atoms. The van der Waals surface area contributed by atoms with E-state index in [0.29, 0.717) is 0 Å². The molecule has 6 aromatic carbocycles. The number of aryl methyl sites for hydroxylation is 4. The summed E-state index contributed by atoms with van der Waals surface area (Å²) in [6.07, 6.45) is 16.6. The molecule has 6 aromatic rings. The molecule has 0 atom stereocenters. The van der Waals surface area contributed by atoms with Crippen molar-refractivity contribution < 1.29 is 4.74 Å². The highest BCUT2D eigenvalue weighted by atomic mass is 32.1. The number of anilines is 1. The number of benzene rings is 6. The van der Waals surface area contributed by atoms with Gasteiger partial charge < -0.3 is 9.64 Å². The Morgan fingerprint density at radius 2 is 1.32 bits per heavy atom. The first-order chi connectivity index (χ1) is 28.2. The molecule has 0 unspecified atom stereocenters. The third-order valence-electron chi connectivity index (χ3n) is 14.8. The van der Waals surface area contributed by atoms with Crippen LogP contribution in [-0.4, -0.2) is 31.9 Å². The molecule has 3 nitrogen and oxygen atoms in total. The number of allylic oxidation sites excluding steroid dienone is 3. The zero-order valence-electron chi connectivity index (χ0n) is 32.6. The molecule has 0 N–H and O–H groups in total. The summed E-state index contributed by atoms with van der Waals surface area (Å²) in [6, 6.07) is 33.7. The van der Waals surface area contributed by atoms with Crippen LogP contribution in [-0.2, 0) is 31.1 Å². The third-order valence-corrected chi connectivity index (χ3v) is 15.1. The molecule has 0 saturated carbocycles. The fraction of sp³-hybridized carbons (Fsp3) is 0.302. The number of fused-ring (bicyclic) bond motifs is 12. The lowest BCUT2D eigenvalue weighted by atomic mass is 9.58. The SMILES string of the molecule is SCC1=CCCC=C1C1=c2cc3cc4c5c(c3cc2C2(c3ccccc3Oc3ccccc32)c2cc3c6c7c(cc3cc21)CCCN7CCC6)CCC[N+]=5CCC4. The van der Waals surface area contributed by atoms with Gasteiger partial charge in [0.25, 0.3) is 0 Å². The van der Waals surface area contributed by atoms with E-state index in [-0.39, 0.29) is 0 Å². The van der Waals surface area contributed by atoms with Crippen LogP contribution in [0.15, 0.2) is 108 Å². The van der Waals surface area contributed by atoms with E-state index in [1.807, 2.05) is 0 Å². The van der Waals surface area contributed by atoms with E-state index in [1.165, 1.54) is 147 Å². The van der Waals surface area contributed by atoms with Gasteiger partial charge in [-0.1, -0.05) is 48.6 Å². The number of hydrogen-bond acceptors (Lipinski definition) is 3. The van der Waals surface area contributed by atoms with E-state index in [9.17, 15) is 0 Å². The monoisotopic (exact) mass is 759 g/mol. The summed E-state index contributed by atoms with van der Waals surface area (Å²) in [5.41, 5.74) is 17.9. The predicted molar refractivity (Wildman–Crippen MR) is 237 cm³/mol. The van der Waals surface area contributed by atoms with E-state index >= 15 is 0 Å². The molecular weight excluding hydrogens is 713 g/mol. The molecule has 0 radical (unpaired) electrons. The number of hydrogen-bond donors (Lipinski definition) is 1. The van der Waals surface area contributed by atoms with Gasteiger partial charge in [-0.15, -0.1) is 0 Å². The topological polar surface area (TPSA) is 15.5 Å². The molecule has 0 bridgehead atoms. The van der Waals surface area contributed by atoms with Crippen molar-refractivity contribution in [2.24, 2.45) is 0 Å². The Hall–Kier alpha value is -5.06. The summed E-state index contributed by atoms with van der Waals surface area (Å²) >= 11 is 5.01. The first-order valence-electron chi connectivity index (χ1n) is 21.7. The van der Waals surface area contributed by atoms with Crippen LogP contribution in [0.1, 0.15) is 88.6 Å². The van der Waals surface area contributed by atoms with Gasteiger partial charge >= 0.3 is 0 Å². The second kappa shape index (κ2) is 12.2. The summed E-state index contributed by atoms with van der Waals surface area (Å²) in [7, 11) is 0. The molecule has 5 aliphatic heterocycles. The van der Waals surface area contributed by atoms with Crippen molar-refractivity contribution in [3.8, 4) is 11.5 Å². The van der Waals surface area contributed by atoms with Gasteiger partial charge in [0.15, 0.2) is 0 Å². The third kappa shape index (κ3) is 4.43.